The molecule has 0 amide bonds. The van der Waals surface area contributed by atoms with Gasteiger partial charge >= 0.3 is 5.97 Å². The summed E-state index contributed by atoms with van der Waals surface area (Å²) in [7, 11) is 0. The number of aliphatic imine (C=N–C) groups is 1. The van der Waals surface area contributed by atoms with Crippen molar-refractivity contribution in [3.8, 4) is 0 Å². The molecule has 3 nitrogen and oxygen atoms in total. The van der Waals surface area contributed by atoms with Crippen LogP contribution in [0.2, 0.25) is 0 Å². The molecule has 0 radical (unpaired) electrons. The van der Waals surface area contributed by atoms with Crippen LogP contribution in [0.1, 0.15) is 6.92 Å². The molecule has 0 aliphatic heterocycles. The lowest BCUT2D eigenvalue weighted by molar-refractivity contribution is -0.134. The van der Waals surface area contributed by atoms with Gasteiger partial charge in [0.15, 0.2) is 0 Å². The summed E-state index contributed by atoms with van der Waals surface area (Å²) in [5, 5.41) is 0. The van der Waals surface area contributed by atoms with Gasteiger partial charge in [-0.25, -0.2) is 4.79 Å². The first kappa shape index (κ1) is 8.88. The van der Waals surface area contributed by atoms with Gasteiger partial charge in [-0.05, 0) is 6.92 Å². The van der Waals surface area contributed by atoms with E-state index in [1.54, 1.807) is 13.0 Å². The van der Waals surface area contributed by atoms with Gasteiger partial charge in [-0.1, -0.05) is 6.08 Å². The average Bonchev–Trinajstić information content (AvgIpc) is 1.89. The smallest absolute Gasteiger partial charge is 0.348 e. The summed E-state index contributed by atoms with van der Waals surface area (Å²) in [6.45, 7) is 6.03. The molecule has 0 saturated heterocycles. The number of nitrogens with zero attached hydrogens (tertiary/aromatic N) is 1. The number of rotatable bonds is 4. The largest absolute Gasteiger partial charge is 0.462 e. The Morgan fingerprint density at radius 1 is 1.80 bits per heavy atom. The molecule has 0 rings (SSSR count). The van der Waals surface area contributed by atoms with Crippen LogP contribution in [-0.2, 0) is 9.53 Å². The lowest BCUT2D eigenvalue weighted by atomic mass is 10.6. The minimum atomic E-state index is -0.399. The summed E-state index contributed by atoms with van der Waals surface area (Å²) in [5.41, 5.74) is 0. The molecule has 0 atom stereocenters. The molecule has 0 fully saturated rings. The Balaban J connectivity index is 3.45. The number of hydrogen-bond acceptors (Lipinski definition) is 3. The van der Waals surface area contributed by atoms with Gasteiger partial charge in [0, 0.05) is 0 Å². The second kappa shape index (κ2) is 6.01. The summed E-state index contributed by atoms with van der Waals surface area (Å²) in [5.74, 6) is -0.399. The third-order valence-corrected chi connectivity index (χ3v) is 0.718. The monoisotopic (exact) mass is 141 g/mol. The van der Waals surface area contributed by atoms with Crippen molar-refractivity contribution in [3.05, 3.63) is 12.7 Å². The molecular formula is C7H11NO2. The molecule has 3 heteroatoms. The van der Waals surface area contributed by atoms with Gasteiger partial charge in [0.05, 0.1) is 13.2 Å². The number of carbonyl (C=O) groups excluding carboxylic acids is 1. The molecule has 0 bridgehead atoms. The van der Waals surface area contributed by atoms with Gasteiger partial charge in [0.2, 0.25) is 0 Å². The molecule has 0 aromatic heterocycles. The predicted octanol–water partition coefficient (Wildman–Crippen LogP) is 0.806. The number of ether oxygens (including phenoxy) is 1. The third kappa shape index (κ3) is 5.03. The third-order valence-electron chi connectivity index (χ3n) is 0.718. The van der Waals surface area contributed by atoms with Gasteiger partial charge in [0.1, 0.15) is 6.21 Å². The molecule has 0 spiro atoms. The van der Waals surface area contributed by atoms with E-state index < -0.39 is 5.97 Å². The van der Waals surface area contributed by atoms with Gasteiger partial charge < -0.3 is 4.74 Å². The fourth-order valence-corrected chi connectivity index (χ4v) is 0.381. The Morgan fingerprint density at radius 2 is 2.50 bits per heavy atom. The molecule has 0 aliphatic carbocycles. The molecule has 0 aromatic rings. The number of carbonyl (C=O) groups is 1. The van der Waals surface area contributed by atoms with E-state index in [0.29, 0.717) is 13.2 Å². The van der Waals surface area contributed by atoms with E-state index >= 15 is 0 Å². The van der Waals surface area contributed by atoms with E-state index in [-0.39, 0.29) is 0 Å². The minimum Gasteiger partial charge on any atom is -0.462 e. The zero-order valence-corrected chi connectivity index (χ0v) is 6.04. The quantitative estimate of drug-likeness (QED) is 0.330. The molecule has 56 valence electrons. The topological polar surface area (TPSA) is 38.7 Å². The van der Waals surface area contributed by atoms with Crippen LogP contribution in [0.15, 0.2) is 17.6 Å². The Labute approximate surface area is 60.4 Å². The lowest BCUT2D eigenvalue weighted by Crippen LogP contribution is -2.04. The van der Waals surface area contributed by atoms with Crippen LogP contribution in [0.3, 0.4) is 0 Å². The second-order valence-electron chi connectivity index (χ2n) is 1.53. The van der Waals surface area contributed by atoms with E-state index in [4.69, 9.17) is 0 Å². The highest BCUT2D eigenvalue weighted by Crippen LogP contribution is 1.74. The molecule has 10 heavy (non-hydrogen) atoms. The van der Waals surface area contributed by atoms with Crippen LogP contribution >= 0.6 is 0 Å². The first-order valence-corrected chi connectivity index (χ1v) is 3.08. The maximum atomic E-state index is 10.5. The average molecular weight is 141 g/mol. The Hall–Kier alpha value is -1.12. The first-order valence-electron chi connectivity index (χ1n) is 3.08. The van der Waals surface area contributed by atoms with E-state index in [0.717, 1.165) is 6.21 Å². The van der Waals surface area contributed by atoms with E-state index in [9.17, 15) is 4.79 Å². The highest BCUT2D eigenvalue weighted by molar-refractivity contribution is 6.23. The van der Waals surface area contributed by atoms with Crippen molar-refractivity contribution >= 4 is 12.2 Å². The highest BCUT2D eigenvalue weighted by atomic mass is 16.5. The maximum absolute atomic E-state index is 10.5. The molecule has 0 aliphatic rings. The zero-order chi connectivity index (χ0) is 7.82. The summed E-state index contributed by atoms with van der Waals surface area (Å²) in [6.07, 6.45) is 2.76. The molecule has 0 aromatic carbocycles. The van der Waals surface area contributed by atoms with Crippen LogP contribution in [-0.4, -0.2) is 25.3 Å². The van der Waals surface area contributed by atoms with Crippen molar-refractivity contribution in [2.45, 2.75) is 6.92 Å². The first-order chi connectivity index (χ1) is 4.81. The maximum Gasteiger partial charge on any atom is 0.348 e. The summed E-state index contributed by atoms with van der Waals surface area (Å²) >= 11 is 0. The van der Waals surface area contributed by atoms with Crippen molar-refractivity contribution < 1.29 is 9.53 Å². The molecular weight excluding hydrogens is 130 g/mol. The number of esters is 1. The van der Waals surface area contributed by atoms with E-state index in [1.165, 1.54) is 0 Å². The van der Waals surface area contributed by atoms with E-state index in [2.05, 4.69) is 16.3 Å². The normalized spacial score (nSPS) is 9.70. The van der Waals surface area contributed by atoms with Crippen molar-refractivity contribution in [1.82, 2.24) is 0 Å². The standard InChI is InChI=1S/C7H11NO2/c1-3-5-8-6-7(9)10-4-2/h3,6H,1,4-5H2,2H3. The summed E-state index contributed by atoms with van der Waals surface area (Å²) in [4.78, 5) is 14.2. The molecule has 0 saturated carbocycles. The SMILES string of the molecule is C=CCN=CC(=O)OCC. The van der Waals surface area contributed by atoms with Gasteiger partial charge in [-0.15, -0.1) is 6.58 Å². The Bertz CT molecular complexity index is 141. The minimum absolute atomic E-state index is 0.388. The summed E-state index contributed by atoms with van der Waals surface area (Å²) in [6, 6.07) is 0. The predicted molar refractivity (Wildman–Crippen MR) is 40.2 cm³/mol. The molecule has 0 heterocycles. The van der Waals surface area contributed by atoms with Gasteiger partial charge in [-0.3, -0.25) is 4.99 Å². The second-order valence-corrected chi connectivity index (χ2v) is 1.53. The highest BCUT2D eigenvalue weighted by Gasteiger charge is 1.91. The van der Waals surface area contributed by atoms with Gasteiger partial charge in [-0.2, -0.15) is 0 Å². The van der Waals surface area contributed by atoms with Crippen LogP contribution in [0.5, 0.6) is 0 Å². The van der Waals surface area contributed by atoms with Crippen LogP contribution in [0, 0.1) is 0 Å². The van der Waals surface area contributed by atoms with E-state index in [1.807, 2.05) is 0 Å². The van der Waals surface area contributed by atoms with Crippen molar-refractivity contribution in [1.29, 1.82) is 0 Å². The Morgan fingerprint density at radius 3 is 3.00 bits per heavy atom. The fraction of sp³-hybridized carbons (Fsp3) is 0.429. The Kier molecular flexibility index (Phi) is 5.33. The van der Waals surface area contributed by atoms with Crippen molar-refractivity contribution in [2.24, 2.45) is 4.99 Å². The lowest BCUT2D eigenvalue weighted by Gasteiger charge is -1.92. The van der Waals surface area contributed by atoms with Crippen molar-refractivity contribution in [2.75, 3.05) is 13.2 Å². The van der Waals surface area contributed by atoms with Gasteiger partial charge in [0.25, 0.3) is 0 Å². The molecule has 0 unspecified atom stereocenters. The van der Waals surface area contributed by atoms with Crippen LogP contribution in [0.4, 0.5) is 0 Å². The van der Waals surface area contributed by atoms with Crippen LogP contribution < -0.4 is 0 Å². The van der Waals surface area contributed by atoms with Crippen LogP contribution in [0.25, 0.3) is 0 Å². The summed E-state index contributed by atoms with van der Waals surface area (Å²) < 4.78 is 4.57. The fourth-order valence-electron chi connectivity index (χ4n) is 0.381. The number of hydrogen-bond donors (Lipinski definition) is 0. The molecule has 0 N–H and O–H groups in total. The zero-order valence-electron chi connectivity index (χ0n) is 6.04. The van der Waals surface area contributed by atoms with Crippen molar-refractivity contribution in [3.63, 3.8) is 0 Å².